The second kappa shape index (κ2) is 9.22. The van der Waals surface area contributed by atoms with E-state index in [2.05, 4.69) is 10.3 Å². The van der Waals surface area contributed by atoms with E-state index in [9.17, 15) is 14.4 Å². The molecule has 0 spiro atoms. The van der Waals surface area contributed by atoms with Crippen molar-refractivity contribution in [1.29, 1.82) is 0 Å². The number of nitrogens with one attached hydrogen (secondary N) is 2. The molecule has 2 aromatic carbocycles. The molecule has 0 aliphatic carbocycles. The Hall–Kier alpha value is -3.67. The Bertz CT molecular complexity index is 1060. The minimum atomic E-state index is -0.750. The molecule has 1 atom stereocenters. The topological polar surface area (TPSA) is 88.3 Å². The zero-order valence-electron chi connectivity index (χ0n) is 17.2. The van der Waals surface area contributed by atoms with Gasteiger partial charge in [0.15, 0.2) is 0 Å². The fourth-order valence-electron chi connectivity index (χ4n) is 3.35. The highest BCUT2D eigenvalue weighted by atomic mass is 16.5. The number of ketones is 1. The molecule has 0 aliphatic rings. The number of benzene rings is 2. The van der Waals surface area contributed by atoms with Crippen molar-refractivity contribution in [3.05, 3.63) is 83.2 Å². The van der Waals surface area contributed by atoms with Gasteiger partial charge in [-0.15, -0.1) is 0 Å². The molecule has 154 valence electrons. The van der Waals surface area contributed by atoms with Gasteiger partial charge in [-0.05, 0) is 31.9 Å². The van der Waals surface area contributed by atoms with Gasteiger partial charge in [0.25, 0.3) is 11.7 Å². The molecule has 3 rings (SSSR count). The molecule has 3 aromatic rings. The standard InChI is InChI=1S/C24H24N2O4/c1-4-30-24(29)19-16(3)25-21(20(19)18-13-9-6-10-14-18)22(27)23(28)26-15(2)17-11-7-5-8-12-17/h5-15,25H,4H2,1-3H3,(H,26,28)/t15-/m0/s1. The highest BCUT2D eigenvalue weighted by Gasteiger charge is 2.30. The number of carbonyl (C=O) groups is 3. The Labute approximate surface area is 175 Å². The van der Waals surface area contributed by atoms with E-state index in [0.717, 1.165) is 5.56 Å². The quantitative estimate of drug-likeness (QED) is 0.350. The first-order valence-corrected chi connectivity index (χ1v) is 9.79. The van der Waals surface area contributed by atoms with Crippen LogP contribution in [0.25, 0.3) is 11.1 Å². The van der Waals surface area contributed by atoms with Crippen LogP contribution in [0.15, 0.2) is 60.7 Å². The molecule has 0 saturated heterocycles. The maximum atomic E-state index is 13.1. The van der Waals surface area contributed by atoms with Gasteiger partial charge >= 0.3 is 5.97 Å². The summed E-state index contributed by atoms with van der Waals surface area (Å²) in [6.45, 7) is 5.41. The molecule has 2 N–H and O–H groups in total. The van der Waals surface area contributed by atoms with E-state index in [4.69, 9.17) is 4.74 Å². The Morgan fingerprint density at radius 3 is 2.20 bits per heavy atom. The summed E-state index contributed by atoms with van der Waals surface area (Å²) in [4.78, 5) is 41.3. The minimum absolute atomic E-state index is 0.0690. The summed E-state index contributed by atoms with van der Waals surface area (Å²) >= 11 is 0. The number of ether oxygens (including phenoxy) is 1. The van der Waals surface area contributed by atoms with Crippen LogP contribution < -0.4 is 5.32 Å². The number of amides is 1. The SMILES string of the molecule is CCOC(=O)c1c(C)[nH]c(C(=O)C(=O)N[C@@H](C)c2ccccc2)c1-c1ccccc1. The lowest BCUT2D eigenvalue weighted by Gasteiger charge is -2.14. The molecule has 0 saturated carbocycles. The molecule has 1 amide bonds. The lowest BCUT2D eigenvalue weighted by atomic mass is 9.98. The van der Waals surface area contributed by atoms with Crippen LogP contribution in [-0.4, -0.2) is 29.3 Å². The lowest BCUT2D eigenvalue weighted by molar-refractivity contribution is -0.117. The van der Waals surface area contributed by atoms with Crippen molar-refractivity contribution < 1.29 is 19.1 Å². The number of rotatable bonds is 7. The Kier molecular flexibility index (Phi) is 6.47. The highest BCUT2D eigenvalue weighted by molar-refractivity contribution is 6.44. The zero-order chi connectivity index (χ0) is 21.7. The van der Waals surface area contributed by atoms with Gasteiger partial charge in [0.1, 0.15) is 5.69 Å². The fourth-order valence-corrected chi connectivity index (χ4v) is 3.35. The number of aromatic amines is 1. The number of H-pyrrole nitrogens is 1. The van der Waals surface area contributed by atoms with Crippen LogP contribution in [0.1, 0.15) is 52.0 Å². The first-order valence-electron chi connectivity index (χ1n) is 9.79. The molecule has 0 bridgehead atoms. The van der Waals surface area contributed by atoms with Gasteiger partial charge in [-0.1, -0.05) is 60.7 Å². The largest absolute Gasteiger partial charge is 0.462 e. The van der Waals surface area contributed by atoms with E-state index in [0.29, 0.717) is 16.8 Å². The fraction of sp³-hybridized carbons (Fsp3) is 0.208. The van der Waals surface area contributed by atoms with Gasteiger partial charge in [-0.2, -0.15) is 0 Å². The van der Waals surface area contributed by atoms with E-state index in [1.54, 1.807) is 38.1 Å². The number of aryl methyl sites for hydroxylation is 1. The molecular formula is C24H24N2O4. The van der Waals surface area contributed by atoms with Crippen molar-refractivity contribution in [2.24, 2.45) is 0 Å². The number of esters is 1. The number of hydrogen-bond acceptors (Lipinski definition) is 4. The first-order chi connectivity index (χ1) is 14.4. The van der Waals surface area contributed by atoms with E-state index in [1.807, 2.05) is 43.3 Å². The summed E-state index contributed by atoms with van der Waals surface area (Å²) in [5, 5.41) is 2.73. The summed E-state index contributed by atoms with van der Waals surface area (Å²) < 4.78 is 5.18. The summed E-state index contributed by atoms with van der Waals surface area (Å²) in [5.41, 5.74) is 2.71. The van der Waals surface area contributed by atoms with Crippen LogP contribution in [-0.2, 0) is 9.53 Å². The van der Waals surface area contributed by atoms with Crippen LogP contribution in [0, 0.1) is 6.92 Å². The third-order valence-corrected chi connectivity index (χ3v) is 4.81. The van der Waals surface area contributed by atoms with Gasteiger partial charge in [0.05, 0.1) is 18.2 Å². The van der Waals surface area contributed by atoms with E-state index < -0.39 is 17.7 Å². The van der Waals surface area contributed by atoms with Crippen molar-refractivity contribution in [2.75, 3.05) is 6.61 Å². The first kappa shape index (κ1) is 21.0. The predicted molar refractivity (Wildman–Crippen MR) is 114 cm³/mol. The van der Waals surface area contributed by atoms with Crippen LogP contribution in [0.3, 0.4) is 0 Å². The molecule has 0 unspecified atom stereocenters. The van der Waals surface area contributed by atoms with Crippen molar-refractivity contribution in [1.82, 2.24) is 10.3 Å². The van der Waals surface area contributed by atoms with Gasteiger partial charge < -0.3 is 15.0 Å². The molecule has 6 nitrogen and oxygen atoms in total. The molecule has 0 fully saturated rings. The third-order valence-electron chi connectivity index (χ3n) is 4.81. The molecule has 1 heterocycles. The molecule has 6 heteroatoms. The smallest absolute Gasteiger partial charge is 0.340 e. The van der Waals surface area contributed by atoms with E-state index >= 15 is 0 Å². The van der Waals surface area contributed by atoms with Crippen molar-refractivity contribution in [3.8, 4) is 11.1 Å². The second-order valence-corrected chi connectivity index (χ2v) is 6.90. The van der Waals surface area contributed by atoms with Crippen LogP contribution in [0.4, 0.5) is 0 Å². The van der Waals surface area contributed by atoms with Crippen LogP contribution >= 0.6 is 0 Å². The molecular weight excluding hydrogens is 380 g/mol. The normalized spacial score (nSPS) is 11.6. The summed E-state index contributed by atoms with van der Waals surface area (Å²) in [6, 6.07) is 18.0. The maximum Gasteiger partial charge on any atom is 0.340 e. The van der Waals surface area contributed by atoms with Crippen LogP contribution in [0.5, 0.6) is 0 Å². The lowest BCUT2D eigenvalue weighted by Crippen LogP contribution is -2.33. The molecule has 0 radical (unpaired) electrons. The Balaban J connectivity index is 1.98. The summed E-state index contributed by atoms with van der Waals surface area (Å²) in [7, 11) is 0. The Morgan fingerprint density at radius 2 is 1.60 bits per heavy atom. The zero-order valence-corrected chi connectivity index (χ0v) is 17.2. The van der Waals surface area contributed by atoms with Crippen molar-refractivity contribution in [2.45, 2.75) is 26.8 Å². The van der Waals surface area contributed by atoms with Crippen molar-refractivity contribution in [3.63, 3.8) is 0 Å². The number of hydrogen-bond donors (Lipinski definition) is 2. The minimum Gasteiger partial charge on any atom is -0.462 e. The van der Waals surface area contributed by atoms with Gasteiger partial charge in [0.2, 0.25) is 0 Å². The number of Topliss-reactive ketones (excluding diaryl/α,β-unsaturated/α-hetero) is 1. The van der Waals surface area contributed by atoms with Gasteiger partial charge in [-0.3, -0.25) is 9.59 Å². The number of carbonyl (C=O) groups excluding carboxylic acids is 3. The van der Waals surface area contributed by atoms with E-state index in [1.165, 1.54) is 0 Å². The maximum absolute atomic E-state index is 13.1. The average molecular weight is 404 g/mol. The Morgan fingerprint density at radius 1 is 1.00 bits per heavy atom. The van der Waals surface area contributed by atoms with Gasteiger partial charge in [-0.25, -0.2) is 4.79 Å². The van der Waals surface area contributed by atoms with Crippen LogP contribution in [0.2, 0.25) is 0 Å². The third kappa shape index (κ3) is 4.33. The second-order valence-electron chi connectivity index (χ2n) is 6.90. The van der Waals surface area contributed by atoms with E-state index in [-0.39, 0.29) is 23.9 Å². The average Bonchev–Trinajstić information content (AvgIpc) is 3.11. The predicted octanol–water partition coefficient (Wildman–Crippen LogP) is 4.23. The highest BCUT2D eigenvalue weighted by Crippen LogP contribution is 2.31. The molecule has 0 aliphatic heterocycles. The summed E-state index contributed by atoms with van der Waals surface area (Å²) in [5.74, 6) is -2.03. The molecule has 30 heavy (non-hydrogen) atoms. The monoisotopic (exact) mass is 404 g/mol. The van der Waals surface area contributed by atoms with Gasteiger partial charge in [0, 0.05) is 11.3 Å². The number of aromatic nitrogens is 1. The van der Waals surface area contributed by atoms with Crippen molar-refractivity contribution >= 4 is 17.7 Å². The molecule has 1 aromatic heterocycles. The summed E-state index contributed by atoms with van der Waals surface area (Å²) in [6.07, 6.45) is 0.